The molecule has 1 atom stereocenters. The minimum Gasteiger partial charge on any atom is -0.342 e. The number of aromatic amines is 1. The summed E-state index contributed by atoms with van der Waals surface area (Å²) >= 11 is 0. The zero-order chi connectivity index (χ0) is 14.8. The van der Waals surface area contributed by atoms with Crippen molar-refractivity contribution in [3.63, 3.8) is 0 Å². The van der Waals surface area contributed by atoms with Crippen molar-refractivity contribution in [2.75, 3.05) is 0 Å². The van der Waals surface area contributed by atoms with E-state index < -0.39 is 11.7 Å². The van der Waals surface area contributed by atoms with Gasteiger partial charge in [0, 0.05) is 0 Å². The van der Waals surface area contributed by atoms with Crippen molar-refractivity contribution in [2.45, 2.75) is 13.0 Å². The van der Waals surface area contributed by atoms with Gasteiger partial charge in [-0.1, -0.05) is 24.3 Å². The summed E-state index contributed by atoms with van der Waals surface area (Å²) in [5, 5.41) is 2.74. The Balaban J connectivity index is 1.81. The molecule has 4 nitrogen and oxygen atoms in total. The van der Waals surface area contributed by atoms with Crippen LogP contribution in [0, 0.1) is 5.82 Å². The van der Waals surface area contributed by atoms with E-state index in [4.69, 9.17) is 0 Å². The second-order valence-electron chi connectivity index (χ2n) is 4.81. The second kappa shape index (κ2) is 5.36. The molecule has 1 heterocycles. The molecule has 106 valence electrons. The van der Waals surface area contributed by atoms with E-state index in [2.05, 4.69) is 15.3 Å². The summed E-state index contributed by atoms with van der Waals surface area (Å²) in [6, 6.07) is 13.2. The van der Waals surface area contributed by atoms with Crippen molar-refractivity contribution in [1.29, 1.82) is 0 Å². The van der Waals surface area contributed by atoms with Crippen LogP contribution in [0.1, 0.15) is 29.1 Å². The Morgan fingerprint density at radius 1 is 1.19 bits per heavy atom. The van der Waals surface area contributed by atoms with Crippen LogP contribution in [0.4, 0.5) is 4.39 Å². The van der Waals surface area contributed by atoms with E-state index >= 15 is 0 Å². The number of nitrogens with zero attached hydrogens (tertiary/aromatic N) is 1. The number of H-pyrrole nitrogens is 1. The number of benzene rings is 2. The SMILES string of the molecule is C[C@H](NC(=O)c1ccccc1F)c1nc2ccccc2[nH]1. The third kappa shape index (κ3) is 2.63. The number of hydrogen-bond acceptors (Lipinski definition) is 2. The van der Waals surface area contributed by atoms with Crippen LogP contribution in [-0.4, -0.2) is 15.9 Å². The Bertz CT molecular complexity index is 764. The lowest BCUT2D eigenvalue weighted by Crippen LogP contribution is -2.28. The van der Waals surface area contributed by atoms with E-state index in [1.54, 1.807) is 19.1 Å². The number of carbonyl (C=O) groups is 1. The van der Waals surface area contributed by atoms with Crippen LogP contribution in [0.2, 0.25) is 0 Å². The van der Waals surface area contributed by atoms with Crippen molar-refractivity contribution in [3.8, 4) is 0 Å². The molecule has 0 saturated carbocycles. The highest BCUT2D eigenvalue weighted by molar-refractivity contribution is 5.94. The molecule has 1 amide bonds. The second-order valence-corrected chi connectivity index (χ2v) is 4.81. The molecule has 0 unspecified atom stereocenters. The maximum absolute atomic E-state index is 13.6. The summed E-state index contributed by atoms with van der Waals surface area (Å²) in [5.41, 5.74) is 1.76. The van der Waals surface area contributed by atoms with Crippen molar-refractivity contribution >= 4 is 16.9 Å². The first kappa shape index (κ1) is 13.3. The first-order valence-electron chi connectivity index (χ1n) is 6.65. The molecule has 0 saturated heterocycles. The van der Waals surface area contributed by atoms with Crippen LogP contribution < -0.4 is 5.32 Å². The molecule has 21 heavy (non-hydrogen) atoms. The van der Waals surface area contributed by atoms with E-state index in [0.717, 1.165) is 11.0 Å². The number of hydrogen-bond donors (Lipinski definition) is 2. The lowest BCUT2D eigenvalue weighted by atomic mass is 10.2. The quantitative estimate of drug-likeness (QED) is 0.775. The van der Waals surface area contributed by atoms with E-state index in [-0.39, 0.29) is 11.6 Å². The van der Waals surface area contributed by atoms with Gasteiger partial charge in [-0.3, -0.25) is 4.79 Å². The van der Waals surface area contributed by atoms with Gasteiger partial charge in [-0.2, -0.15) is 0 Å². The number of nitrogens with one attached hydrogen (secondary N) is 2. The van der Waals surface area contributed by atoms with Crippen LogP contribution in [0.3, 0.4) is 0 Å². The van der Waals surface area contributed by atoms with Crippen LogP contribution in [0.25, 0.3) is 11.0 Å². The lowest BCUT2D eigenvalue weighted by molar-refractivity contribution is 0.0934. The number of para-hydroxylation sites is 2. The van der Waals surface area contributed by atoms with Crippen molar-refractivity contribution in [3.05, 3.63) is 65.7 Å². The Kier molecular flexibility index (Phi) is 3.39. The van der Waals surface area contributed by atoms with Crippen LogP contribution in [-0.2, 0) is 0 Å². The maximum Gasteiger partial charge on any atom is 0.254 e. The Morgan fingerprint density at radius 2 is 1.90 bits per heavy atom. The van der Waals surface area contributed by atoms with Crippen LogP contribution in [0.15, 0.2) is 48.5 Å². The topological polar surface area (TPSA) is 57.8 Å². The highest BCUT2D eigenvalue weighted by Crippen LogP contribution is 2.16. The average Bonchev–Trinajstić information content (AvgIpc) is 2.91. The van der Waals surface area contributed by atoms with Gasteiger partial charge in [0.05, 0.1) is 22.6 Å². The van der Waals surface area contributed by atoms with E-state index in [0.29, 0.717) is 5.82 Å². The van der Waals surface area contributed by atoms with Gasteiger partial charge in [0.2, 0.25) is 0 Å². The minimum atomic E-state index is -0.535. The number of imidazole rings is 1. The first-order chi connectivity index (χ1) is 10.1. The maximum atomic E-state index is 13.6. The molecule has 1 aromatic heterocycles. The molecule has 3 rings (SSSR count). The predicted octanol–water partition coefficient (Wildman–Crippen LogP) is 3.19. The van der Waals surface area contributed by atoms with Gasteiger partial charge in [-0.25, -0.2) is 9.37 Å². The van der Waals surface area contributed by atoms with E-state index in [1.165, 1.54) is 12.1 Å². The summed E-state index contributed by atoms with van der Waals surface area (Å²) in [6.07, 6.45) is 0. The third-order valence-corrected chi connectivity index (χ3v) is 3.28. The normalized spacial score (nSPS) is 12.3. The fourth-order valence-corrected chi connectivity index (χ4v) is 2.17. The van der Waals surface area contributed by atoms with Crippen LogP contribution >= 0.6 is 0 Å². The molecule has 3 aromatic rings. The third-order valence-electron chi connectivity index (χ3n) is 3.28. The minimum absolute atomic E-state index is 0.0282. The Hall–Kier alpha value is -2.69. The lowest BCUT2D eigenvalue weighted by Gasteiger charge is -2.11. The average molecular weight is 283 g/mol. The summed E-state index contributed by atoms with van der Waals surface area (Å²) < 4.78 is 13.6. The van der Waals surface area contributed by atoms with Crippen molar-refractivity contribution in [2.24, 2.45) is 0 Å². The molecular formula is C16H14FN3O. The molecule has 0 spiro atoms. The molecule has 2 aromatic carbocycles. The summed E-state index contributed by atoms with van der Waals surface area (Å²) in [7, 11) is 0. The fraction of sp³-hybridized carbons (Fsp3) is 0.125. The predicted molar refractivity (Wildman–Crippen MR) is 78.4 cm³/mol. The molecular weight excluding hydrogens is 269 g/mol. The van der Waals surface area contributed by atoms with Gasteiger partial charge in [0.1, 0.15) is 11.6 Å². The molecule has 0 aliphatic carbocycles. The zero-order valence-corrected chi connectivity index (χ0v) is 11.4. The van der Waals surface area contributed by atoms with Crippen molar-refractivity contribution in [1.82, 2.24) is 15.3 Å². The number of fused-ring (bicyclic) bond motifs is 1. The molecule has 2 N–H and O–H groups in total. The summed E-state index contributed by atoms with van der Waals surface area (Å²) in [6.45, 7) is 1.80. The number of amides is 1. The Morgan fingerprint density at radius 3 is 2.67 bits per heavy atom. The highest BCUT2D eigenvalue weighted by Gasteiger charge is 2.16. The van der Waals surface area contributed by atoms with Gasteiger partial charge >= 0.3 is 0 Å². The van der Waals surface area contributed by atoms with E-state index in [1.807, 2.05) is 24.3 Å². The standard InChI is InChI=1S/C16H14FN3O/c1-10(15-19-13-8-4-5-9-14(13)20-15)18-16(21)11-6-2-3-7-12(11)17/h2-10H,1H3,(H,18,21)(H,19,20)/t10-/m0/s1. The molecule has 0 bridgehead atoms. The molecule has 0 aliphatic heterocycles. The first-order valence-corrected chi connectivity index (χ1v) is 6.65. The molecule has 0 fully saturated rings. The summed E-state index contributed by atoms with van der Waals surface area (Å²) in [5.74, 6) is -0.353. The number of rotatable bonds is 3. The van der Waals surface area contributed by atoms with Gasteiger partial charge in [0.25, 0.3) is 5.91 Å². The number of aromatic nitrogens is 2. The van der Waals surface area contributed by atoms with Gasteiger partial charge < -0.3 is 10.3 Å². The van der Waals surface area contributed by atoms with Gasteiger partial charge in [-0.15, -0.1) is 0 Å². The van der Waals surface area contributed by atoms with E-state index in [9.17, 15) is 9.18 Å². The molecule has 0 aliphatic rings. The monoisotopic (exact) mass is 283 g/mol. The zero-order valence-electron chi connectivity index (χ0n) is 11.4. The van der Waals surface area contributed by atoms with Crippen molar-refractivity contribution < 1.29 is 9.18 Å². The Labute approximate surface area is 121 Å². The molecule has 0 radical (unpaired) electrons. The number of halogens is 1. The number of carbonyl (C=O) groups excluding carboxylic acids is 1. The van der Waals surface area contributed by atoms with Crippen LogP contribution in [0.5, 0.6) is 0 Å². The van der Waals surface area contributed by atoms with Gasteiger partial charge in [0.15, 0.2) is 0 Å². The summed E-state index contributed by atoms with van der Waals surface area (Å²) in [4.78, 5) is 19.6. The molecule has 5 heteroatoms. The van der Waals surface area contributed by atoms with Gasteiger partial charge in [-0.05, 0) is 31.2 Å². The smallest absolute Gasteiger partial charge is 0.254 e. The largest absolute Gasteiger partial charge is 0.342 e. The highest BCUT2D eigenvalue weighted by atomic mass is 19.1. The fourth-order valence-electron chi connectivity index (χ4n) is 2.17.